The fourth-order valence-electron chi connectivity index (χ4n) is 7.91. The largest absolute Gasteiger partial charge is 0.446 e. The van der Waals surface area contributed by atoms with Crippen LogP contribution in [0.15, 0.2) is 30.4 Å². The van der Waals surface area contributed by atoms with Gasteiger partial charge in [0.05, 0.1) is 18.3 Å². The molecule has 7 rings (SSSR count). The van der Waals surface area contributed by atoms with E-state index in [0.717, 1.165) is 49.7 Å². The van der Waals surface area contributed by atoms with Crippen LogP contribution in [-0.2, 0) is 47.0 Å². The maximum atomic E-state index is 14.4. The molecule has 6 aliphatic rings. The van der Waals surface area contributed by atoms with Crippen molar-refractivity contribution >= 4 is 51.5 Å². The van der Waals surface area contributed by atoms with Crippen LogP contribution < -0.4 is 15.4 Å². The Morgan fingerprint density at radius 3 is 2.46 bits per heavy atom. The lowest BCUT2D eigenvalue weighted by molar-refractivity contribution is -0.141. The highest BCUT2D eigenvalue weighted by Gasteiger charge is 2.62. The summed E-state index contributed by atoms with van der Waals surface area (Å²) in [5, 5.41) is 5.49. The number of carbonyl (C=O) groups excluding carboxylic acids is 5. The van der Waals surface area contributed by atoms with Gasteiger partial charge < -0.3 is 25.0 Å². The number of benzene rings is 1. The molecule has 0 spiro atoms. The molecule has 1 saturated heterocycles. The molecule has 3 heterocycles. The third-order valence-corrected chi connectivity index (χ3v) is 13.3. The molecule has 1 aromatic rings. The van der Waals surface area contributed by atoms with Gasteiger partial charge in [-0.05, 0) is 81.4 Å². The molecule has 0 aromatic heterocycles. The lowest BCUT2D eigenvalue weighted by Crippen LogP contribution is -2.58. The number of hydrogen-bond acceptors (Lipinski definition) is 9. The van der Waals surface area contributed by atoms with Crippen LogP contribution in [0.5, 0.6) is 0 Å². The van der Waals surface area contributed by atoms with Gasteiger partial charge in [0.1, 0.15) is 29.8 Å². The minimum atomic E-state index is -3.90. The van der Waals surface area contributed by atoms with Gasteiger partial charge in [0.2, 0.25) is 21.8 Å². The molecule has 0 radical (unpaired) electrons. The number of halogens is 1. The van der Waals surface area contributed by atoms with Crippen LogP contribution in [0.4, 0.5) is 9.59 Å². The summed E-state index contributed by atoms with van der Waals surface area (Å²) in [6.45, 7) is 0.413. The molecule has 52 heavy (non-hydrogen) atoms. The minimum absolute atomic E-state index is 0.0668. The highest BCUT2D eigenvalue weighted by molar-refractivity contribution is 7.91. The zero-order valence-electron chi connectivity index (χ0n) is 29.0. The first kappa shape index (κ1) is 36.5. The van der Waals surface area contributed by atoms with Crippen molar-refractivity contribution < 1.29 is 41.9 Å². The van der Waals surface area contributed by atoms with Crippen LogP contribution >= 0.6 is 11.6 Å². The first-order valence-corrected chi connectivity index (χ1v) is 20.4. The van der Waals surface area contributed by atoms with E-state index in [0.29, 0.717) is 43.7 Å². The summed E-state index contributed by atoms with van der Waals surface area (Å²) in [5.74, 6) is -2.47. The molecule has 0 bridgehead atoms. The molecule has 282 valence electrons. The van der Waals surface area contributed by atoms with Crippen LogP contribution in [-0.4, -0.2) is 89.8 Å². The van der Waals surface area contributed by atoms with Crippen molar-refractivity contribution in [3.63, 3.8) is 0 Å². The van der Waals surface area contributed by atoms with Crippen molar-refractivity contribution in [1.82, 2.24) is 25.2 Å². The van der Waals surface area contributed by atoms with Crippen molar-refractivity contribution in [2.24, 2.45) is 5.92 Å². The Kier molecular flexibility index (Phi) is 10.4. The molecule has 3 aliphatic carbocycles. The minimum Gasteiger partial charge on any atom is -0.446 e. The van der Waals surface area contributed by atoms with Gasteiger partial charge in [-0.2, -0.15) is 0 Å². The van der Waals surface area contributed by atoms with Gasteiger partial charge in [0, 0.05) is 23.9 Å². The number of sulfonamides is 1. The summed E-state index contributed by atoms with van der Waals surface area (Å²) in [5.41, 5.74) is 0.202. The number of rotatable bonds is 6. The van der Waals surface area contributed by atoms with Gasteiger partial charge in [-0.3, -0.25) is 24.0 Å². The number of carbonyl (C=O) groups is 5. The Labute approximate surface area is 308 Å². The smallest absolute Gasteiger partial charge is 0.410 e. The molecule has 3 saturated carbocycles. The number of nitrogens with zero attached hydrogens (tertiary/aromatic N) is 2. The summed E-state index contributed by atoms with van der Waals surface area (Å²) in [6, 6.07) is 3.27. The third kappa shape index (κ3) is 7.90. The lowest BCUT2D eigenvalue weighted by atomic mass is 10.0. The second kappa shape index (κ2) is 14.9. The van der Waals surface area contributed by atoms with Crippen LogP contribution in [0.1, 0.15) is 94.6 Å². The number of amides is 5. The summed E-state index contributed by atoms with van der Waals surface area (Å²) >= 11 is 6.36. The fourth-order valence-corrected chi connectivity index (χ4v) is 9.53. The highest BCUT2D eigenvalue weighted by Crippen LogP contribution is 2.46. The van der Waals surface area contributed by atoms with Gasteiger partial charge in [-0.25, -0.2) is 18.0 Å². The lowest BCUT2D eigenvalue weighted by Gasteiger charge is -2.30. The third-order valence-electron chi connectivity index (χ3n) is 11.2. The molecule has 5 amide bonds. The molecule has 3 N–H and O–H groups in total. The van der Waals surface area contributed by atoms with Gasteiger partial charge in [-0.15, -0.1) is 0 Å². The van der Waals surface area contributed by atoms with E-state index in [1.165, 1.54) is 9.80 Å². The van der Waals surface area contributed by atoms with Gasteiger partial charge in [0.25, 0.3) is 5.91 Å². The normalized spacial score (nSPS) is 29.6. The number of allylic oxidation sites excluding steroid dienone is 1. The van der Waals surface area contributed by atoms with Crippen LogP contribution in [0.25, 0.3) is 0 Å². The molecular weight excluding hydrogens is 714 g/mol. The van der Waals surface area contributed by atoms with Crippen molar-refractivity contribution in [1.29, 1.82) is 0 Å². The SMILES string of the molecule is O=C(N[C@H]1CCCCCC=C[C@@H]2C[C@@]2(C(=O)NS(=O)(=O)C2CC2)NC(=O)[C@@H]2C[C@@H](OC(=O)N3Cc4cccc(Cl)c4C3)CN2C1=O)OC1CCCC1. The molecule has 4 fully saturated rings. The van der Waals surface area contributed by atoms with E-state index in [1.54, 1.807) is 6.07 Å². The average molecular weight is 760 g/mol. The Morgan fingerprint density at radius 2 is 1.71 bits per heavy atom. The van der Waals surface area contributed by atoms with Gasteiger partial charge in [0.15, 0.2) is 0 Å². The van der Waals surface area contributed by atoms with E-state index in [-0.39, 0.29) is 32.0 Å². The van der Waals surface area contributed by atoms with Crippen molar-refractivity contribution in [2.75, 3.05) is 6.54 Å². The van der Waals surface area contributed by atoms with Crippen LogP contribution in [0.2, 0.25) is 5.02 Å². The second-order valence-electron chi connectivity index (χ2n) is 15.0. The number of hydrogen-bond donors (Lipinski definition) is 3. The molecule has 3 aliphatic heterocycles. The molecular formula is C36H46ClN5O9S. The standard InChI is InChI=1S/C36H46ClN5O9S/c37-28-13-8-9-22-19-41(21-27(22)28)35(47)51-25-17-30-31(43)39-36(33(45)40-52(48,49)26-15-16-26)18-23(36)10-4-2-1-3-5-14-29(32(44)42(30)20-25)38-34(46)50-24-11-6-7-12-24/h4,8-10,13,23-26,29-30H,1-3,5-7,11-12,14-21H2,(H,38,46)(H,39,43)(H,40,45)/t23-,25-,29+,30+,36-/m1/s1. The molecule has 14 nitrogen and oxygen atoms in total. The summed E-state index contributed by atoms with van der Waals surface area (Å²) < 4.78 is 39.3. The van der Waals surface area contributed by atoms with E-state index in [1.807, 2.05) is 24.3 Å². The first-order chi connectivity index (χ1) is 24.9. The Hall–Kier alpha value is -3.85. The van der Waals surface area contributed by atoms with E-state index >= 15 is 0 Å². The number of nitrogens with one attached hydrogen (secondary N) is 3. The van der Waals surface area contributed by atoms with Crippen molar-refractivity contribution in [3.05, 3.63) is 46.5 Å². The van der Waals surface area contributed by atoms with E-state index in [2.05, 4.69) is 15.4 Å². The van der Waals surface area contributed by atoms with E-state index in [9.17, 15) is 32.4 Å². The number of fused-ring (bicyclic) bond motifs is 3. The second-order valence-corrected chi connectivity index (χ2v) is 17.4. The van der Waals surface area contributed by atoms with Gasteiger partial charge in [-0.1, -0.05) is 48.7 Å². The predicted octanol–water partition coefficient (Wildman–Crippen LogP) is 3.80. The van der Waals surface area contributed by atoms with Crippen LogP contribution in [0.3, 0.4) is 0 Å². The van der Waals surface area contributed by atoms with E-state index < -0.39 is 74.8 Å². The monoisotopic (exact) mass is 759 g/mol. The highest BCUT2D eigenvalue weighted by atomic mass is 35.5. The zero-order valence-corrected chi connectivity index (χ0v) is 30.6. The Bertz CT molecular complexity index is 1750. The first-order valence-electron chi connectivity index (χ1n) is 18.5. The topological polar surface area (TPSA) is 181 Å². The Morgan fingerprint density at radius 1 is 0.942 bits per heavy atom. The van der Waals surface area contributed by atoms with Crippen molar-refractivity contribution in [2.45, 2.75) is 132 Å². The summed E-state index contributed by atoms with van der Waals surface area (Å²) in [6.07, 6.45) is 8.98. The van der Waals surface area contributed by atoms with Gasteiger partial charge >= 0.3 is 12.2 Å². The zero-order chi connectivity index (χ0) is 36.6. The van der Waals surface area contributed by atoms with E-state index in [4.69, 9.17) is 21.1 Å². The summed E-state index contributed by atoms with van der Waals surface area (Å²) in [4.78, 5) is 71.5. The van der Waals surface area contributed by atoms with Crippen LogP contribution in [0, 0.1) is 5.92 Å². The Balaban J connectivity index is 1.12. The number of alkyl carbamates (subject to hydrolysis) is 1. The quantitative estimate of drug-likeness (QED) is 0.364. The maximum Gasteiger partial charge on any atom is 0.410 e. The van der Waals surface area contributed by atoms with Crippen molar-refractivity contribution in [3.8, 4) is 0 Å². The molecule has 0 unspecified atom stereocenters. The fraction of sp³-hybridized carbons (Fsp3) is 0.639. The maximum absolute atomic E-state index is 14.4. The predicted molar refractivity (Wildman–Crippen MR) is 188 cm³/mol. The average Bonchev–Trinajstić information content (AvgIpc) is 3.88. The summed E-state index contributed by atoms with van der Waals surface area (Å²) in [7, 11) is -3.90. The molecule has 1 aromatic carbocycles. The molecule has 16 heteroatoms. The molecule has 5 atom stereocenters. The number of ether oxygens (including phenoxy) is 2.